The van der Waals surface area contributed by atoms with Crippen LogP contribution in [0.25, 0.3) is 5.70 Å². The topological polar surface area (TPSA) is 71.4 Å². The fourth-order valence-corrected chi connectivity index (χ4v) is 1.69. The van der Waals surface area contributed by atoms with E-state index in [0.29, 0.717) is 23.6 Å². The zero-order valence-corrected chi connectivity index (χ0v) is 10.6. The van der Waals surface area contributed by atoms with E-state index in [-0.39, 0.29) is 5.57 Å². The molecule has 0 amide bonds. The normalized spacial score (nSPS) is 14.7. The fraction of sp³-hybridized carbons (Fsp3) is 0.286. The van der Waals surface area contributed by atoms with Gasteiger partial charge in [0.1, 0.15) is 11.8 Å². The second kappa shape index (κ2) is 5.91. The number of hydrogen-bond donors (Lipinski definition) is 1. The number of nitrogens with zero attached hydrogens (tertiary/aromatic N) is 1. The van der Waals surface area contributed by atoms with Crippen molar-refractivity contribution in [2.45, 2.75) is 19.8 Å². The fourth-order valence-electron chi connectivity index (χ4n) is 1.69. The minimum Gasteiger partial charge on any atom is -0.462 e. The van der Waals surface area contributed by atoms with Gasteiger partial charge in [0.15, 0.2) is 11.3 Å². The third-order valence-electron chi connectivity index (χ3n) is 2.72. The first-order valence-corrected chi connectivity index (χ1v) is 6.11. The first-order valence-electron chi connectivity index (χ1n) is 6.11. The number of nitrogens with one attached hydrogen (secondary N) is 1. The second-order valence-corrected chi connectivity index (χ2v) is 4.05. The van der Waals surface area contributed by atoms with E-state index < -0.39 is 5.97 Å². The maximum absolute atomic E-state index is 11.8. The molecule has 0 atom stereocenters. The molecule has 98 valence electrons. The van der Waals surface area contributed by atoms with Gasteiger partial charge in [0.05, 0.1) is 6.61 Å². The van der Waals surface area contributed by atoms with Crippen LogP contribution in [0.2, 0.25) is 0 Å². The average molecular weight is 258 g/mol. The third-order valence-corrected chi connectivity index (χ3v) is 2.72. The number of nitriles is 1. The van der Waals surface area contributed by atoms with E-state index in [2.05, 4.69) is 5.48 Å². The van der Waals surface area contributed by atoms with Crippen LogP contribution in [0.4, 0.5) is 0 Å². The molecule has 1 N–H and O–H groups in total. The lowest BCUT2D eigenvalue weighted by molar-refractivity contribution is -0.138. The molecule has 1 aromatic rings. The highest BCUT2D eigenvalue weighted by molar-refractivity contribution is 6.02. The monoisotopic (exact) mass is 258 g/mol. The van der Waals surface area contributed by atoms with E-state index in [1.54, 1.807) is 12.1 Å². The zero-order chi connectivity index (χ0) is 13.7. The number of fused-ring (bicyclic) bond motifs is 1. The molecular weight excluding hydrogens is 244 g/mol. The molecule has 5 nitrogen and oxygen atoms in total. The van der Waals surface area contributed by atoms with Crippen molar-refractivity contribution in [3.63, 3.8) is 0 Å². The number of unbranched alkanes of at least 4 members (excludes halogenated alkanes) is 1. The summed E-state index contributed by atoms with van der Waals surface area (Å²) < 4.78 is 5.05. The molecule has 0 saturated carbocycles. The Morgan fingerprint density at radius 3 is 3.00 bits per heavy atom. The number of hydrogen-bond acceptors (Lipinski definition) is 5. The Morgan fingerprint density at radius 1 is 1.47 bits per heavy atom. The van der Waals surface area contributed by atoms with Crippen molar-refractivity contribution in [3.05, 3.63) is 35.4 Å². The van der Waals surface area contributed by atoms with Gasteiger partial charge in [-0.2, -0.15) is 5.26 Å². The Bertz CT molecular complexity index is 558. The van der Waals surface area contributed by atoms with Gasteiger partial charge in [-0.15, -0.1) is 0 Å². The molecule has 0 aliphatic carbocycles. The predicted molar refractivity (Wildman–Crippen MR) is 68.6 cm³/mol. The summed E-state index contributed by atoms with van der Waals surface area (Å²) in [6.07, 6.45) is 1.70. The molecule has 0 unspecified atom stereocenters. The molecule has 0 aromatic heterocycles. The number of rotatable bonds is 4. The van der Waals surface area contributed by atoms with Crippen LogP contribution in [0.3, 0.4) is 0 Å². The molecule has 0 radical (unpaired) electrons. The van der Waals surface area contributed by atoms with Gasteiger partial charge in [0, 0.05) is 5.56 Å². The highest BCUT2D eigenvalue weighted by Gasteiger charge is 2.25. The zero-order valence-electron chi connectivity index (χ0n) is 10.6. The number of para-hydroxylation sites is 1. The molecule has 0 bridgehead atoms. The predicted octanol–water partition coefficient (Wildman–Crippen LogP) is 2.16. The molecule has 5 heteroatoms. The van der Waals surface area contributed by atoms with Gasteiger partial charge in [0.25, 0.3) is 0 Å². The summed E-state index contributed by atoms with van der Waals surface area (Å²) in [5.74, 6) is -0.0367. The molecule has 1 aliphatic rings. The van der Waals surface area contributed by atoms with Crippen LogP contribution in [0.1, 0.15) is 25.3 Å². The summed E-state index contributed by atoms with van der Waals surface area (Å²) in [5.41, 5.74) is 3.58. The highest BCUT2D eigenvalue weighted by Crippen LogP contribution is 2.31. The van der Waals surface area contributed by atoms with E-state index in [9.17, 15) is 4.79 Å². The summed E-state index contributed by atoms with van der Waals surface area (Å²) in [6.45, 7) is 2.32. The van der Waals surface area contributed by atoms with Crippen molar-refractivity contribution in [1.82, 2.24) is 5.48 Å². The van der Waals surface area contributed by atoms with Gasteiger partial charge >= 0.3 is 5.97 Å². The van der Waals surface area contributed by atoms with Crippen molar-refractivity contribution in [1.29, 1.82) is 5.26 Å². The largest absolute Gasteiger partial charge is 0.462 e. The number of carbonyl (C=O) groups is 1. The maximum Gasteiger partial charge on any atom is 0.351 e. The van der Waals surface area contributed by atoms with Crippen LogP contribution in [0.15, 0.2) is 29.8 Å². The van der Waals surface area contributed by atoms with E-state index in [0.717, 1.165) is 12.8 Å². The van der Waals surface area contributed by atoms with E-state index in [1.165, 1.54) is 0 Å². The number of ether oxygens (including phenoxy) is 1. The molecule has 0 spiro atoms. The van der Waals surface area contributed by atoms with Gasteiger partial charge in [-0.25, -0.2) is 10.3 Å². The Kier molecular flexibility index (Phi) is 4.04. The van der Waals surface area contributed by atoms with Gasteiger partial charge in [0.2, 0.25) is 0 Å². The number of hydroxylamine groups is 1. The molecule has 1 heterocycles. The van der Waals surface area contributed by atoms with Crippen LogP contribution >= 0.6 is 0 Å². The van der Waals surface area contributed by atoms with Gasteiger partial charge in [-0.05, 0) is 18.6 Å². The van der Waals surface area contributed by atoms with Crippen LogP contribution < -0.4 is 10.3 Å². The second-order valence-electron chi connectivity index (χ2n) is 4.05. The molecule has 1 aromatic carbocycles. The first-order chi connectivity index (χ1) is 9.27. The van der Waals surface area contributed by atoms with Crippen molar-refractivity contribution in [2.75, 3.05) is 6.61 Å². The van der Waals surface area contributed by atoms with Crippen LogP contribution in [0.5, 0.6) is 5.75 Å². The van der Waals surface area contributed by atoms with Crippen LogP contribution in [-0.4, -0.2) is 12.6 Å². The smallest absolute Gasteiger partial charge is 0.351 e. The molecular formula is C14H14N2O3. The number of carbonyl (C=O) groups excluding carboxylic acids is 1. The Hall–Kier alpha value is -2.48. The molecule has 2 rings (SSSR count). The van der Waals surface area contributed by atoms with Crippen molar-refractivity contribution in [3.8, 4) is 11.8 Å². The molecule has 0 saturated heterocycles. The quantitative estimate of drug-likeness (QED) is 0.388. The van der Waals surface area contributed by atoms with E-state index in [1.807, 2.05) is 25.1 Å². The number of esters is 1. The SMILES string of the molecule is CCCCOC(=O)C(C#N)=C1NOc2ccccc21. The van der Waals surface area contributed by atoms with Gasteiger partial charge < -0.3 is 9.57 Å². The lowest BCUT2D eigenvalue weighted by Gasteiger charge is -2.05. The lowest BCUT2D eigenvalue weighted by Crippen LogP contribution is -2.16. The summed E-state index contributed by atoms with van der Waals surface area (Å²) in [6, 6.07) is 9.04. The van der Waals surface area contributed by atoms with Crippen molar-refractivity contribution >= 4 is 11.7 Å². The maximum atomic E-state index is 11.8. The Labute approximate surface area is 111 Å². The van der Waals surface area contributed by atoms with Crippen LogP contribution in [0, 0.1) is 11.3 Å². The van der Waals surface area contributed by atoms with Crippen molar-refractivity contribution < 1.29 is 14.4 Å². The standard InChI is InChI=1S/C14H14N2O3/c1-2-3-8-18-14(17)11(9-15)13-10-6-4-5-7-12(10)19-16-13/h4-7,16H,2-3,8H2,1H3. The first kappa shape index (κ1) is 13.0. The molecule has 0 fully saturated rings. The summed E-state index contributed by atoms with van der Waals surface area (Å²) in [5, 5.41) is 9.13. The summed E-state index contributed by atoms with van der Waals surface area (Å²) in [4.78, 5) is 17.1. The van der Waals surface area contributed by atoms with Gasteiger partial charge in [-0.1, -0.05) is 25.5 Å². The van der Waals surface area contributed by atoms with Crippen molar-refractivity contribution in [2.24, 2.45) is 0 Å². The van der Waals surface area contributed by atoms with Crippen LogP contribution in [-0.2, 0) is 9.53 Å². The summed E-state index contributed by atoms with van der Waals surface area (Å²) >= 11 is 0. The van der Waals surface area contributed by atoms with E-state index >= 15 is 0 Å². The minimum absolute atomic E-state index is 0.0685. The molecule has 1 aliphatic heterocycles. The minimum atomic E-state index is -0.626. The third kappa shape index (κ3) is 2.68. The summed E-state index contributed by atoms with van der Waals surface area (Å²) in [7, 11) is 0. The molecule has 19 heavy (non-hydrogen) atoms. The number of benzene rings is 1. The lowest BCUT2D eigenvalue weighted by atomic mass is 10.1. The van der Waals surface area contributed by atoms with E-state index in [4.69, 9.17) is 14.8 Å². The Morgan fingerprint density at radius 2 is 2.26 bits per heavy atom. The Balaban J connectivity index is 2.25. The van der Waals surface area contributed by atoms with Gasteiger partial charge in [-0.3, -0.25) is 0 Å². The highest BCUT2D eigenvalue weighted by atomic mass is 16.7. The average Bonchev–Trinajstić information content (AvgIpc) is 2.84.